The summed E-state index contributed by atoms with van der Waals surface area (Å²) in [4.78, 5) is 14.6. The molecule has 24 heavy (non-hydrogen) atoms. The first-order chi connectivity index (χ1) is 11.8. The molecule has 1 unspecified atom stereocenters. The third-order valence-corrected chi connectivity index (χ3v) is 4.57. The van der Waals surface area contributed by atoms with E-state index in [-0.39, 0.29) is 6.03 Å². The minimum absolute atomic E-state index is 0.0516. The Kier molecular flexibility index (Phi) is 5.96. The molecule has 1 atom stereocenters. The molecule has 5 heteroatoms. The zero-order valence-electron chi connectivity index (χ0n) is 14.5. The summed E-state index contributed by atoms with van der Waals surface area (Å²) in [5.74, 6) is 1.37. The van der Waals surface area contributed by atoms with Crippen molar-refractivity contribution in [2.24, 2.45) is 5.92 Å². The van der Waals surface area contributed by atoms with E-state index in [1.807, 2.05) is 29.2 Å². The van der Waals surface area contributed by atoms with E-state index in [1.165, 1.54) is 0 Å². The Morgan fingerprint density at radius 2 is 2.08 bits per heavy atom. The van der Waals surface area contributed by atoms with Crippen LogP contribution < -0.4 is 10.1 Å². The molecule has 2 fully saturated rings. The van der Waals surface area contributed by atoms with Crippen LogP contribution >= 0.6 is 0 Å². The number of benzene rings is 1. The van der Waals surface area contributed by atoms with Gasteiger partial charge in [0.1, 0.15) is 5.75 Å². The molecule has 1 aliphatic carbocycles. The Hall–Kier alpha value is -1.75. The second-order valence-corrected chi connectivity index (χ2v) is 6.76. The van der Waals surface area contributed by atoms with Gasteiger partial charge in [0, 0.05) is 31.7 Å². The average Bonchev–Trinajstić information content (AvgIpc) is 3.32. The lowest BCUT2D eigenvalue weighted by Gasteiger charge is -2.25. The van der Waals surface area contributed by atoms with Gasteiger partial charge in [0.25, 0.3) is 0 Å². The van der Waals surface area contributed by atoms with Crippen LogP contribution in [0.5, 0.6) is 5.75 Å². The van der Waals surface area contributed by atoms with Crippen LogP contribution in [0.25, 0.3) is 0 Å². The zero-order valence-corrected chi connectivity index (χ0v) is 14.5. The highest BCUT2D eigenvalue weighted by molar-refractivity contribution is 5.75. The molecule has 2 amide bonds. The normalized spacial score (nSPS) is 20.0. The van der Waals surface area contributed by atoms with Crippen molar-refractivity contribution in [1.29, 1.82) is 0 Å². The first-order valence-electron chi connectivity index (χ1n) is 9.10. The van der Waals surface area contributed by atoms with Crippen molar-refractivity contribution in [2.75, 3.05) is 26.4 Å². The zero-order chi connectivity index (χ0) is 16.8. The van der Waals surface area contributed by atoms with Gasteiger partial charge in [-0.05, 0) is 43.4 Å². The summed E-state index contributed by atoms with van der Waals surface area (Å²) in [5, 5.41) is 3.06. The molecule has 5 nitrogen and oxygen atoms in total. The first kappa shape index (κ1) is 17.1. The number of hydrogen-bond donors (Lipinski definition) is 1. The number of rotatable bonds is 8. The molecule has 1 N–H and O–H groups in total. The topological polar surface area (TPSA) is 50.8 Å². The lowest BCUT2D eigenvalue weighted by Crippen LogP contribution is -2.43. The molecule has 1 heterocycles. The number of amides is 2. The molecule has 1 aromatic rings. The van der Waals surface area contributed by atoms with E-state index in [2.05, 4.69) is 12.2 Å². The van der Waals surface area contributed by atoms with Crippen LogP contribution in [0.4, 0.5) is 4.79 Å². The van der Waals surface area contributed by atoms with Gasteiger partial charge >= 0.3 is 6.03 Å². The minimum Gasteiger partial charge on any atom is -0.494 e. The quantitative estimate of drug-likeness (QED) is 0.795. The van der Waals surface area contributed by atoms with E-state index in [9.17, 15) is 4.79 Å². The van der Waals surface area contributed by atoms with Gasteiger partial charge in [0.05, 0.1) is 13.2 Å². The second kappa shape index (κ2) is 8.38. The highest BCUT2D eigenvalue weighted by Crippen LogP contribution is 2.29. The van der Waals surface area contributed by atoms with E-state index in [0.29, 0.717) is 18.5 Å². The van der Waals surface area contributed by atoms with Gasteiger partial charge in [0.2, 0.25) is 0 Å². The Balaban J connectivity index is 1.47. The van der Waals surface area contributed by atoms with Crippen molar-refractivity contribution in [3.05, 3.63) is 29.8 Å². The maximum Gasteiger partial charge on any atom is 0.317 e. The smallest absolute Gasteiger partial charge is 0.317 e. The van der Waals surface area contributed by atoms with Crippen LogP contribution in [-0.2, 0) is 11.3 Å². The van der Waals surface area contributed by atoms with Crippen molar-refractivity contribution in [2.45, 2.75) is 45.2 Å². The fraction of sp³-hybridized carbons (Fsp3) is 0.632. The number of nitrogens with zero attached hydrogens (tertiary/aromatic N) is 1. The van der Waals surface area contributed by atoms with Crippen LogP contribution in [0.3, 0.4) is 0 Å². The molecular formula is C19H28N2O3. The van der Waals surface area contributed by atoms with E-state index >= 15 is 0 Å². The number of ether oxygens (including phenoxy) is 2. The lowest BCUT2D eigenvalue weighted by atomic mass is 10.1. The number of carbonyl (C=O) groups excluding carboxylic acids is 1. The van der Waals surface area contributed by atoms with Crippen LogP contribution in [0.2, 0.25) is 0 Å². The van der Waals surface area contributed by atoms with Crippen LogP contribution in [0.15, 0.2) is 24.3 Å². The van der Waals surface area contributed by atoms with Gasteiger partial charge in [0.15, 0.2) is 0 Å². The Morgan fingerprint density at radius 1 is 1.29 bits per heavy atom. The fourth-order valence-corrected chi connectivity index (χ4v) is 2.99. The predicted octanol–water partition coefficient (Wildman–Crippen LogP) is 3.19. The molecule has 2 aliphatic rings. The summed E-state index contributed by atoms with van der Waals surface area (Å²) >= 11 is 0. The summed E-state index contributed by atoms with van der Waals surface area (Å²) in [6.07, 6.45) is 4.32. The van der Waals surface area contributed by atoms with Crippen molar-refractivity contribution < 1.29 is 14.3 Å². The summed E-state index contributed by atoms with van der Waals surface area (Å²) in [7, 11) is 0. The van der Waals surface area contributed by atoms with Crippen LogP contribution in [-0.4, -0.2) is 43.3 Å². The van der Waals surface area contributed by atoms with Crippen LogP contribution in [0.1, 0.15) is 38.2 Å². The molecule has 1 saturated carbocycles. The van der Waals surface area contributed by atoms with Crippen molar-refractivity contribution in [1.82, 2.24) is 10.2 Å². The number of urea groups is 1. The molecule has 0 spiro atoms. The highest BCUT2D eigenvalue weighted by atomic mass is 16.5. The van der Waals surface area contributed by atoms with E-state index < -0.39 is 0 Å². The molecule has 1 aliphatic heterocycles. The fourth-order valence-electron chi connectivity index (χ4n) is 2.99. The van der Waals surface area contributed by atoms with Gasteiger partial charge < -0.3 is 19.7 Å². The van der Waals surface area contributed by atoms with Crippen molar-refractivity contribution in [3.63, 3.8) is 0 Å². The van der Waals surface area contributed by atoms with E-state index in [0.717, 1.165) is 63.4 Å². The van der Waals surface area contributed by atoms with Crippen molar-refractivity contribution >= 4 is 6.03 Å². The molecule has 3 rings (SSSR count). The monoisotopic (exact) mass is 332 g/mol. The maximum absolute atomic E-state index is 12.5. The maximum atomic E-state index is 12.5. The summed E-state index contributed by atoms with van der Waals surface area (Å²) in [5.41, 5.74) is 1.09. The van der Waals surface area contributed by atoms with Gasteiger partial charge in [-0.25, -0.2) is 4.79 Å². The number of carbonyl (C=O) groups is 1. The number of nitrogens with one attached hydrogen (secondary N) is 1. The lowest BCUT2D eigenvalue weighted by molar-refractivity contribution is 0.162. The third-order valence-electron chi connectivity index (χ3n) is 4.57. The number of hydrogen-bond acceptors (Lipinski definition) is 3. The first-order valence-corrected chi connectivity index (χ1v) is 9.10. The molecule has 132 valence electrons. The Morgan fingerprint density at radius 3 is 2.71 bits per heavy atom. The Labute approximate surface area is 144 Å². The summed E-state index contributed by atoms with van der Waals surface area (Å²) in [6, 6.07) is 8.43. The molecule has 1 saturated heterocycles. The van der Waals surface area contributed by atoms with Gasteiger partial charge in [-0.2, -0.15) is 0 Å². The SMILES string of the molecule is CCCOc1ccc(CNC(=O)N(CC2CCOC2)C2CC2)cc1. The van der Waals surface area contributed by atoms with E-state index in [1.54, 1.807) is 0 Å². The average molecular weight is 332 g/mol. The summed E-state index contributed by atoms with van der Waals surface area (Å²) in [6.45, 7) is 5.81. The van der Waals surface area contributed by atoms with Crippen molar-refractivity contribution in [3.8, 4) is 5.75 Å². The second-order valence-electron chi connectivity index (χ2n) is 6.76. The highest BCUT2D eigenvalue weighted by Gasteiger charge is 2.34. The third kappa shape index (κ3) is 4.87. The molecule has 0 aromatic heterocycles. The summed E-state index contributed by atoms with van der Waals surface area (Å²) < 4.78 is 11.0. The van der Waals surface area contributed by atoms with Crippen LogP contribution in [0, 0.1) is 5.92 Å². The van der Waals surface area contributed by atoms with Gasteiger partial charge in [-0.1, -0.05) is 19.1 Å². The van der Waals surface area contributed by atoms with E-state index in [4.69, 9.17) is 9.47 Å². The Bertz CT molecular complexity index is 522. The minimum atomic E-state index is 0.0516. The predicted molar refractivity (Wildman–Crippen MR) is 93.1 cm³/mol. The van der Waals surface area contributed by atoms with Gasteiger partial charge in [-0.15, -0.1) is 0 Å². The standard InChI is InChI=1S/C19H28N2O3/c1-2-10-24-18-7-3-15(4-8-18)12-20-19(22)21(17-5-6-17)13-16-9-11-23-14-16/h3-4,7-8,16-17H,2,5-6,9-14H2,1H3,(H,20,22). The molecule has 0 bridgehead atoms. The largest absolute Gasteiger partial charge is 0.494 e. The van der Waals surface area contributed by atoms with Gasteiger partial charge in [-0.3, -0.25) is 0 Å². The molecular weight excluding hydrogens is 304 g/mol. The molecule has 1 aromatic carbocycles. The molecule has 0 radical (unpaired) electrons.